The highest BCUT2D eigenvalue weighted by Gasteiger charge is 2.35. The molecular weight excluding hydrogens is 298 g/mol. The van der Waals surface area contributed by atoms with Crippen LogP contribution in [0.5, 0.6) is 0 Å². The van der Waals surface area contributed by atoms with Gasteiger partial charge >= 0.3 is 5.97 Å². The Bertz CT molecular complexity index is 569. The molecule has 1 heterocycles. The second-order valence-electron chi connectivity index (χ2n) is 5.47. The number of carboxylic acids is 1. The summed E-state index contributed by atoms with van der Waals surface area (Å²) >= 11 is 1.24. The van der Waals surface area contributed by atoms with E-state index in [0.717, 1.165) is 11.3 Å². The zero-order chi connectivity index (χ0) is 15.6. The molecule has 0 radical (unpaired) electrons. The van der Waals surface area contributed by atoms with E-state index in [9.17, 15) is 13.2 Å². The maximum absolute atomic E-state index is 12.7. The topological polar surface area (TPSA) is 74.7 Å². The molecule has 0 aliphatic rings. The molecule has 1 rings (SSSR count). The van der Waals surface area contributed by atoms with Gasteiger partial charge in [0.25, 0.3) is 10.0 Å². The highest BCUT2D eigenvalue weighted by molar-refractivity contribution is 7.91. The summed E-state index contributed by atoms with van der Waals surface area (Å²) in [6, 6.07) is 3.40. The van der Waals surface area contributed by atoms with Crippen LogP contribution in [0, 0.1) is 0 Å². The van der Waals surface area contributed by atoms with Gasteiger partial charge in [-0.1, -0.05) is 6.92 Å². The predicted octanol–water partition coefficient (Wildman–Crippen LogP) is 2.57. The Kier molecular flexibility index (Phi) is 5.34. The lowest BCUT2D eigenvalue weighted by atomic mass is 10.1. The quantitative estimate of drug-likeness (QED) is 0.874. The third-order valence-electron chi connectivity index (χ3n) is 2.81. The maximum atomic E-state index is 12.7. The molecule has 0 amide bonds. The minimum atomic E-state index is -3.66. The van der Waals surface area contributed by atoms with Crippen LogP contribution in [0.1, 0.15) is 39.0 Å². The van der Waals surface area contributed by atoms with Crippen molar-refractivity contribution >= 4 is 27.3 Å². The van der Waals surface area contributed by atoms with E-state index in [0.29, 0.717) is 0 Å². The second-order valence-corrected chi connectivity index (χ2v) is 8.72. The van der Waals surface area contributed by atoms with Crippen molar-refractivity contribution in [3.63, 3.8) is 0 Å². The molecular formula is C13H21NO4S2. The minimum absolute atomic E-state index is 0.0273. The van der Waals surface area contributed by atoms with Gasteiger partial charge in [-0.3, -0.25) is 4.79 Å². The number of thiophene rings is 1. The van der Waals surface area contributed by atoms with Crippen molar-refractivity contribution in [1.82, 2.24) is 4.31 Å². The fourth-order valence-corrected chi connectivity index (χ4v) is 5.01. The average molecular weight is 319 g/mol. The number of aliphatic carboxylic acids is 1. The monoisotopic (exact) mass is 319 g/mol. The van der Waals surface area contributed by atoms with Crippen LogP contribution in [-0.4, -0.2) is 35.9 Å². The second kappa shape index (κ2) is 6.24. The number of sulfonamides is 1. The maximum Gasteiger partial charge on any atom is 0.304 e. The zero-order valence-electron chi connectivity index (χ0n) is 12.2. The third-order valence-corrected chi connectivity index (χ3v) is 6.67. The summed E-state index contributed by atoms with van der Waals surface area (Å²) in [5.41, 5.74) is -0.662. The molecule has 0 bridgehead atoms. The first-order chi connectivity index (χ1) is 9.09. The van der Waals surface area contributed by atoms with Crippen LogP contribution < -0.4 is 0 Å². The summed E-state index contributed by atoms with van der Waals surface area (Å²) < 4.78 is 26.9. The Morgan fingerprint density at radius 2 is 1.95 bits per heavy atom. The van der Waals surface area contributed by atoms with Crippen LogP contribution in [0.4, 0.5) is 0 Å². The van der Waals surface area contributed by atoms with Crippen molar-refractivity contribution in [3.05, 3.63) is 17.0 Å². The molecule has 0 fully saturated rings. The van der Waals surface area contributed by atoms with E-state index >= 15 is 0 Å². The van der Waals surface area contributed by atoms with Gasteiger partial charge in [-0.15, -0.1) is 11.3 Å². The largest absolute Gasteiger partial charge is 0.481 e. The molecule has 0 spiro atoms. The van der Waals surface area contributed by atoms with E-state index in [2.05, 4.69) is 0 Å². The number of carbonyl (C=O) groups is 1. The predicted molar refractivity (Wildman–Crippen MR) is 79.6 cm³/mol. The van der Waals surface area contributed by atoms with Gasteiger partial charge in [0, 0.05) is 17.0 Å². The lowest BCUT2D eigenvalue weighted by Crippen LogP contribution is -2.46. The molecule has 7 heteroatoms. The molecule has 0 atom stereocenters. The molecule has 0 saturated heterocycles. The summed E-state index contributed by atoms with van der Waals surface area (Å²) in [5.74, 6) is -1.00. The number of nitrogens with zero attached hydrogens (tertiary/aromatic N) is 1. The smallest absolute Gasteiger partial charge is 0.304 e. The standard InChI is InChI=1S/C13H21NO4S2/c1-5-10-6-7-12(19-10)20(17,18)14(13(2,3)4)9-8-11(15)16/h6-7H,5,8-9H2,1-4H3,(H,15,16). The summed E-state index contributed by atoms with van der Waals surface area (Å²) in [7, 11) is -3.66. The van der Waals surface area contributed by atoms with E-state index < -0.39 is 21.5 Å². The molecule has 0 aliphatic carbocycles. The molecule has 0 saturated carbocycles. The minimum Gasteiger partial charge on any atom is -0.481 e. The van der Waals surface area contributed by atoms with Crippen molar-refractivity contribution in [3.8, 4) is 0 Å². The van der Waals surface area contributed by atoms with Crippen LogP contribution in [0.15, 0.2) is 16.3 Å². The summed E-state index contributed by atoms with van der Waals surface area (Å²) in [4.78, 5) is 11.7. The van der Waals surface area contributed by atoms with Crippen molar-refractivity contribution in [2.45, 2.75) is 50.3 Å². The zero-order valence-corrected chi connectivity index (χ0v) is 13.8. The SMILES string of the molecule is CCc1ccc(S(=O)(=O)N(CCC(=O)O)C(C)(C)C)s1. The fourth-order valence-electron chi connectivity index (χ4n) is 1.81. The van der Waals surface area contributed by atoms with E-state index in [-0.39, 0.29) is 17.2 Å². The van der Waals surface area contributed by atoms with Gasteiger partial charge < -0.3 is 5.11 Å². The number of rotatable bonds is 6. The van der Waals surface area contributed by atoms with Gasteiger partial charge in [-0.25, -0.2) is 8.42 Å². The number of aryl methyl sites for hydroxylation is 1. The first-order valence-electron chi connectivity index (χ1n) is 6.42. The first kappa shape index (κ1) is 17.1. The fraction of sp³-hybridized carbons (Fsp3) is 0.615. The Labute approximate surface area is 124 Å². The number of hydrogen-bond donors (Lipinski definition) is 1. The normalized spacial score (nSPS) is 12.8. The van der Waals surface area contributed by atoms with E-state index in [4.69, 9.17) is 5.11 Å². The highest BCUT2D eigenvalue weighted by Crippen LogP contribution is 2.29. The Hall–Kier alpha value is -0.920. The Morgan fingerprint density at radius 3 is 2.35 bits per heavy atom. The van der Waals surface area contributed by atoms with Crippen LogP contribution in [0.3, 0.4) is 0 Å². The van der Waals surface area contributed by atoms with Gasteiger partial charge in [0.2, 0.25) is 0 Å². The molecule has 5 nitrogen and oxygen atoms in total. The van der Waals surface area contributed by atoms with Gasteiger partial charge in [0.1, 0.15) is 4.21 Å². The summed E-state index contributed by atoms with van der Waals surface area (Å²) in [6.07, 6.45) is 0.577. The Balaban J connectivity index is 3.13. The lowest BCUT2D eigenvalue weighted by Gasteiger charge is -2.33. The van der Waals surface area contributed by atoms with E-state index in [1.54, 1.807) is 32.9 Å². The molecule has 1 aromatic heterocycles. The van der Waals surface area contributed by atoms with Crippen molar-refractivity contribution in [2.75, 3.05) is 6.54 Å². The molecule has 114 valence electrons. The van der Waals surface area contributed by atoms with Gasteiger partial charge in [0.15, 0.2) is 0 Å². The molecule has 0 unspecified atom stereocenters. The van der Waals surface area contributed by atoms with Crippen molar-refractivity contribution in [2.24, 2.45) is 0 Å². The van der Waals surface area contributed by atoms with Crippen molar-refractivity contribution in [1.29, 1.82) is 0 Å². The molecule has 0 aliphatic heterocycles. The highest BCUT2D eigenvalue weighted by atomic mass is 32.2. The van der Waals surface area contributed by atoms with Gasteiger partial charge in [-0.05, 0) is 39.3 Å². The van der Waals surface area contributed by atoms with Crippen LogP contribution in [0.25, 0.3) is 0 Å². The molecule has 1 N–H and O–H groups in total. The lowest BCUT2D eigenvalue weighted by molar-refractivity contribution is -0.137. The van der Waals surface area contributed by atoms with Crippen LogP contribution in [-0.2, 0) is 21.2 Å². The van der Waals surface area contributed by atoms with Crippen molar-refractivity contribution < 1.29 is 18.3 Å². The molecule has 20 heavy (non-hydrogen) atoms. The third kappa shape index (κ3) is 4.04. The molecule has 0 aromatic carbocycles. The van der Waals surface area contributed by atoms with Crippen LogP contribution in [0.2, 0.25) is 0 Å². The average Bonchev–Trinajstić information content (AvgIpc) is 2.75. The number of hydrogen-bond acceptors (Lipinski definition) is 4. The number of carboxylic acid groups (broad SMARTS) is 1. The van der Waals surface area contributed by atoms with E-state index in [1.807, 2.05) is 6.92 Å². The van der Waals surface area contributed by atoms with Crippen LogP contribution >= 0.6 is 11.3 Å². The van der Waals surface area contributed by atoms with Gasteiger partial charge in [0.05, 0.1) is 6.42 Å². The van der Waals surface area contributed by atoms with Gasteiger partial charge in [-0.2, -0.15) is 4.31 Å². The first-order valence-corrected chi connectivity index (χ1v) is 8.68. The molecule has 1 aromatic rings. The summed E-state index contributed by atoms with van der Waals surface area (Å²) in [5, 5.41) is 8.79. The Morgan fingerprint density at radius 1 is 1.35 bits per heavy atom. The van der Waals surface area contributed by atoms with E-state index in [1.165, 1.54) is 15.6 Å². The summed E-state index contributed by atoms with van der Waals surface area (Å²) in [6.45, 7) is 7.23.